The lowest BCUT2D eigenvalue weighted by atomic mass is 10.0. The lowest BCUT2D eigenvalue weighted by molar-refractivity contribution is 0.628. The first-order valence-electron chi connectivity index (χ1n) is 6.29. The Morgan fingerprint density at radius 2 is 1.80 bits per heavy atom. The minimum absolute atomic E-state index is 0.308. The number of nitrogens with zero attached hydrogens (tertiary/aromatic N) is 2. The van der Waals surface area contributed by atoms with Crippen LogP contribution in [-0.4, -0.2) is 9.55 Å². The maximum Gasteiger partial charge on any atom is 0.348 e. The molecule has 0 fully saturated rings. The molecule has 3 aromatic rings. The number of hydrogen-bond acceptors (Lipinski definition) is 2. The molecule has 0 aliphatic carbocycles. The Bertz CT molecular complexity index is 851. The summed E-state index contributed by atoms with van der Waals surface area (Å²) in [5.74, 6) is -0.308. The van der Waals surface area contributed by atoms with Crippen molar-refractivity contribution in [2.75, 3.05) is 0 Å². The highest BCUT2D eigenvalue weighted by atomic mass is 19.1. The summed E-state index contributed by atoms with van der Waals surface area (Å²) in [4.78, 5) is 16.1. The second-order valence-electron chi connectivity index (χ2n) is 4.83. The molecule has 3 nitrogen and oxygen atoms in total. The van der Waals surface area contributed by atoms with Crippen LogP contribution in [0.15, 0.2) is 47.3 Å². The zero-order chi connectivity index (χ0) is 14.3. The number of fused-ring (bicyclic) bond motifs is 1. The van der Waals surface area contributed by atoms with Crippen LogP contribution >= 0.6 is 0 Å². The average molecular weight is 268 g/mol. The van der Waals surface area contributed by atoms with Crippen molar-refractivity contribution in [2.45, 2.75) is 6.92 Å². The largest absolute Gasteiger partial charge is 0.348 e. The molecule has 4 heteroatoms. The maximum atomic E-state index is 13.0. The van der Waals surface area contributed by atoms with Gasteiger partial charge in [-0.3, -0.25) is 4.57 Å². The zero-order valence-corrected chi connectivity index (χ0v) is 11.2. The van der Waals surface area contributed by atoms with E-state index in [-0.39, 0.29) is 11.5 Å². The third kappa shape index (κ3) is 1.99. The Labute approximate surface area is 115 Å². The SMILES string of the molecule is Cc1ccc2c(-c3ccc(F)cc3)nc(=O)n(C)c2c1. The van der Waals surface area contributed by atoms with Crippen molar-refractivity contribution in [1.29, 1.82) is 0 Å². The van der Waals surface area contributed by atoms with Crippen LogP contribution in [0.1, 0.15) is 5.56 Å². The normalized spacial score (nSPS) is 10.9. The standard InChI is InChI=1S/C16H13FN2O/c1-10-3-8-13-14(9-10)19(2)16(20)18-15(13)11-4-6-12(17)7-5-11/h3-9H,1-2H3. The van der Waals surface area contributed by atoms with Gasteiger partial charge in [0, 0.05) is 18.0 Å². The molecule has 0 amide bonds. The molecule has 0 saturated carbocycles. The van der Waals surface area contributed by atoms with Crippen LogP contribution in [0, 0.1) is 12.7 Å². The van der Waals surface area contributed by atoms with Crippen LogP contribution < -0.4 is 5.69 Å². The molecular formula is C16H13FN2O. The van der Waals surface area contributed by atoms with Crippen molar-refractivity contribution >= 4 is 10.9 Å². The van der Waals surface area contributed by atoms with Gasteiger partial charge in [0.15, 0.2) is 0 Å². The Kier molecular flexibility index (Phi) is 2.86. The molecular weight excluding hydrogens is 255 g/mol. The number of rotatable bonds is 1. The van der Waals surface area contributed by atoms with Gasteiger partial charge in [0.2, 0.25) is 0 Å². The molecule has 2 aromatic carbocycles. The van der Waals surface area contributed by atoms with Crippen molar-refractivity contribution in [3.8, 4) is 11.3 Å². The van der Waals surface area contributed by atoms with Gasteiger partial charge in [0.1, 0.15) is 5.82 Å². The maximum absolute atomic E-state index is 13.0. The summed E-state index contributed by atoms with van der Waals surface area (Å²) in [6.07, 6.45) is 0. The molecule has 1 heterocycles. The van der Waals surface area contributed by atoms with E-state index in [0.29, 0.717) is 5.69 Å². The fraction of sp³-hybridized carbons (Fsp3) is 0.125. The van der Waals surface area contributed by atoms with E-state index in [1.807, 2.05) is 25.1 Å². The summed E-state index contributed by atoms with van der Waals surface area (Å²) in [6.45, 7) is 1.97. The van der Waals surface area contributed by atoms with Crippen molar-refractivity contribution in [3.05, 3.63) is 64.3 Å². The molecule has 0 unspecified atom stereocenters. The fourth-order valence-electron chi connectivity index (χ4n) is 2.28. The molecule has 20 heavy (non-hydrogen) atoms. The van der Waals surface area contributed by atoms with E-state index in [9.17, 15) is 9.18 Å². The average Bonchev–Trinajstić information content (AvgIpc) is 2.44. The summed E-state index contributed by atoms with van der Waals surface area (Å²) in [5.41, 5.74) is 2.90. The predicted molar refractivity (Wildman–Crippen MR) is 77.1 cm³/mol. The molecule has 3 rings (SSSR count). The first-order chi connectivity index (χ1) is 9.56. The molecule has 0 radical (unpaired) electrons. The summed E-state index contributed by atoms with van der Waals surface area (Å²) in [5, 5.41) is 0.879. The molecule has 0 bridgehead atoms. The van der Waals surface area contributed by atoms with Crippen molar-refractivity contribution in [3.63, 3.8) is 0 Å². The number of aryl methyl sites for hydroxylation is 2. The van der Waals surface area contributed by atoms with E-state index >= 15 is 0 Å². The molecule has 0 atom stereocenters. The van der Waals surface area contributed by atoms with Gasteiger partial charge in [-0.05, 0) is 42.8 Å². The highest BCUT2D eigenvalue weighted by Gasteiger charge is 2.10. The highest BCUT2D eigenvalue weighted by molar-refractivity contribution is 5.92. The van der Waals surface area contributed by atoms with Gasteiger partial charge in [-0.2, -0.15) is 4.98 Å². The zero-order valence-electron chi connectivity index (χ0n) is 11.2. The Balaban J connectivity index is 2.39. The summed E-state index contributed by atoms with van der Waals surface area (Å²) in [6, 6.07) is 11.9. The van der Waals surface area contributed by atoms with Gasteiger partial charge in [-0.25, -0.2) is 9.18 Å². The number of halogens is 1. The summed E-state index contributed by atoms with van der Waals surface area (Å²) in [7, 11) is 1.70. The van der Waals surface area contributed by atoms with E-state index < -0.39 is 0 Å². The van der Waals surface area contributed by atoms with Crippen molar-refractivity contribution in [2.24, 2.45) is 7.05 Å². The summed E-state index contributed by atoms with van der Waals surface area (Å²) < 4.78 is 14.5. The lowest BCUT2D eigenvalue weighted by Crippen LogP contribution is -2.21. The summed E-state index contributed by atoms with van der Waals surface area (Å²) >= 11 is 0. The monoisotopic (exact) mass is 268 g/mol. The molecule has 0 saturated heterocycles. The number of hydrogen-bond donors (Lipinski definition) is 0. The van der Waals surface area contributed by atoms with Crippen molar-refractivity contribution < 1.29 is 4.39 Å². The van der Waals surface area contributed by atoms with E-state index in [4.69, 9.17) is 0 Å². The van der Waals surface area contributed by atoms with Gasteiger partial charge < -0.3 is 0 Å². The first-order valence-corrected chi connectivity index (χ1v) is 6.29. The van der Waals surface area contributed by atoms with Crippen LogP contribution in [0.2, 0.25) is 0 Å². The van der Waals surface area contributed by atoms with Crippen LogP contribution in [0.25, 0.3) is 22.2 Å². The van der Waals surface area contributed by atoms with Gasteiger partial charge in [0.25, 0.3) is 0 Å². The Hall–Kier alpha value is -2.49. The second-order valence-corrected chi connectivity index (χ2v) is 4.83. The van der Waals surface area contributed by atoms with Crippen LogP contribution in [0.4, 0.5) is 4.39 Å². The van der Waals surface area contributed by atoms with Crippen LogP contribution in [0.5, 0.6) is 0 Å². The van der Waals surface area contributed by atoms with Gasteiger partial charge in [0.05, 0.1) is 11.2 Å². The first kappa shape index (κ1) is 12.5. The van der Waals surface area contributed by atoms with Crippen LogP contribution in [-0.2, 0) is 7.05 Å². The van der Waals surface area contributed by atoms with Gasteiger partial charge in [-0.1, -0.05) is 12.1 Å². The second kappa shape index (κ2) is 4.56. The van der Waals surface area contributed by atoms with E-state index in [1.54, 1.807) is 19.2 Å². The van der Waals surface area contributed by atoms with Gasteiger partial charge in [-0.15, -0.1) is 0 Å². The molecule has 0 N–H and O–H groups in total. The smallest absolute Gasteiger partial charge is 0.295 e. The molecule has 0 spiro atoms. The highest BCUT2D eigenvalue weighted by Crippen LogP contribution is 2.25. The van der Waals surface area contributed by atoms with Gasteiger partial charge >= 0.3 is 5.69 Å². The fourth-order valence-corrected chi connectivity index (χ4v) is 2.28. The minimum atomic E-state index is -0.317. The Morgan fingerprint density at radius 1 is 1.10 bits per heavy atom. The lowest BCUT2D eigenvalue weighted by Gasteiger charge is -2.10. The third-order valence-corrected chi connectivity index (χ3v) is 3.38. The Morgan fingerprint density at radius 3 is 2.50 bits per heavy atom. The number of benzene rings is 2. The minimum Gasteiger partial charge on any atom is -0.295 e. The van der Waals surface area contributed by atoms with E-state index in [2.05, 4.69) is 4.98 Å². The van der Waals surface area contributed by atoms with Crippen molar-refractivity contribution in [1.82, 2.24) is 9.55 Å². The van der Waals surface area contributed by atoms with Crippen LogP contribution in [0.3, 0.4) is 0 Å². The van der Waals surface area contributed by atoms with E-state index in [0.717, 1.165) is 22.0 Å². The number of aromatic nitrogens is 2. The topological polar surface area (TPSA) is 34.9 Å². The molecule has 100 valence electrons. The van der Waals surface area contributed by atoms with E-state index in [1.165, 1.54) is 16.7 Å². The molecule has 0 aliphatic rings. The molecule has 0 aliphatic heterocycles. The third-order valence-electron chi connectivity index (χ3n) is 3.38. The quantitative estimate of drug-likeness (QED) is 0.680. The molecule has 1 aromatic heterocycles. The predicted octanol–water partition coefficient (Wildman–Crippen LogP) is 3.05.